The van der Waals surface area contributed by atoms with Crippen molar-refractivity contribution >= 4 is 5.91 Å². The largest absolute Gasteiger partial charge is 0.378 e. The Hall–Kier alpha value is -0.650. The van der Waals surface area contributed by atoms with E-state index in [1.807, 2.05) is 34.9 Å². The lowest BCUT2D eigenvalue weighted by atomic mass is 9.54. The van der Waals surface area contributed by atoms with Crippen LogP contribution in [-0.4, -0.2) is 56.2 Å². The highest BCUT2D eigenvalue weighted by molar-refractivity contribution is 5.88. The van der Waals surface area contributed by atoms with Crippen LogP contribution in [0, 0.1) is 10.8 Å². The van der Waals surface area contributed by atoms with E-state index in [4.69, 9.17) is 10.5 Å². The van der Waals surface area contributed by atoms with Crippen LogP contribution in [0.25, 0.3) is 0 Å². The van der Waals surface area contributed by atoms with Gasteiger partial charge in [0.2, 0.25) is 5.91 Å². The third kappa shape index (κ3) is 3.76. The number of ether oxygens (including phenoxy) is 1. The standard InChI is InChI=1S/C16H33N3O2/c1-8-21-12-9-16(17,15(12,4)5)13(20)18-10-14(2,3)11-19(6)7/h12H,8-11,17H2,1-7H3,(H,18,20). The molecule has 0 radical (unpaired) electrons. The molecule has 1 saturated carbocycles. The number of nitrogens with two attached hydrogens (primary N) is 1. The van der Waals surface area contributed by atoms with Gasteiger partial charge in [0.25, 0.3) is 0 Å². The number of nitrogens with one attached hydrogen (secondary N) is 1. The molecule has 0 aliphatic heterocycles. The molecule has 2 atom stereocenters. The summed E-state index contributed by atoms with van der Waals surface area (Å²) in [7, 11) is 4.07. The molecule has 0 aromatic rings. The van der Waals surface area contributed by atoms with E-state index >= 15 is 0 Å². The highest BCUT2D eigenvalue weighted by Gasteiger charge is 2.62. The molecule has 1 aliphatic carbocycles. The summed E-state index contributed by atoms with van der Waals surface area (Å²) in [6.07, 6.45) is 0.654. The summed E-state index contributed by atoms with van der Waals surface area (Å²) >= 11 is 0. The van der Waals surface area contributed by atoms with Gasteiger partial charge in [-0.25, -0.2) is 0 Å². The van der Waals surface area contributed by atoms with Crippen LogP contribution in [0.1, 0.15) is 41.0 Å². The van der Waals surface area contributed by atoms with E-state index in [1.165, 1.54) is 0 Å². The van der Waals surface area contributed by atoms with Gasteiger partial charge in [0, 0.05) is 31.5 Å². The average molecular weight is 299 g/mol. The van der Waals surface area contributed by atoms with Crippen LogP contribution in [0.15, 0.2) is 0 Å². The highest BCUT2D eigenvalue weighted by atomic mass is 16.5. The molecular weight excluding hydrogens is 266 g/mol. The number of carbonyl (C=O) groups excluding carboxylic acids is 1. The smallest absolute Gasteiger partial charge is 0.240 e. The second-order valence-corrected chi connectivity index (χ2v) is 7.93. The molecule has 1 aliphatic rings. The Balaban J connectivity index is 2.61. The van der Waals surface area contributed by atoms with Gasteiger partial charge in [-0.2, -0.15) is 0 Å². The molecule has 5 heteroatoms. The molecular formula is C16H33N3O2. The molecule has 21 heavy (non-hydrogen) atoms. The second kappa shape index (κ2) is 6.23. The first-order chi connectivity index (χ1) is 9.46. The fraction of sp³-hybridized carbons (Fsp3) is 0.938. The van der Waals surface area contributed by atoms with Gasteiger partial charge in [-0.3, -0.25) is 4.79 Å². The van der Waals surface area contributed by atoms with Gasteiger partial charge < -0.3 is 20.7 Å². The second-order valence-electron chi connectivity index (χ2n) is 7.93. The first kappa shape index (κ1) is 18.4. The molecule has 1 rings (SSSR count). The summed E-state index contributed by atoms with van der Waals surface area (Å²) in [5.41, 5.74) is 5.22. The Morgan fingerprint density at radius 1 is 1.43 bits per heavy atom. The maximum absolute atomic E-state index is 12.5. The summed E-state index contributed by atoms with van der Waals surface area (Å²) in [5, 5.41) is 3.04. The van der Waals surface area contributed by atoms with Gasteiger partial charge in [0.15, 0.2) is 0 Å². The van der Waals surface area contributed by atoms with Crippen LogP contribution in [0.3, 0.4) is 0 Å². The number of nitrogens with zero attached hydrogens (tertiary/aromatic N) is 1. The summed E-state index contributed by atoms with van der Waals surface area (Å²) in [6, 6.07) is 0. The van der Waals surface area contributed by atoms with E-state index in [2.05, 4.69) is 24.1 Å². The Kier molecular flexibility index (Phi) is 5.45. The minimum absolute atomic E-state index is 0.0166. The van der Waals surface area contributed by atoms with E-state index in [0.717, 1.165) is 6.54 Å². The van der Waals surface area contributed by atoms with Crippen LogP contribution < -0.4 is 11.1 Å². The number of rotatable bonds is 7. The van der Waals surface area contributed by atoms with Crippen LogP contribution in [0.5, 0.6) is 0 Å². The van der Waals surface area contributed by atoms with Crippen molar-refractivity contribution in [1.82, 2.24) is 10.2 Å². The van der Waals surface area contributed by atoms with Gasteiger partial charge in [0.05, 0.1) is 6.10 Å². The summed E-state index contributed by atoms with van der Waals surface area (Å²) in [5.74, 6) is -0.0599. The summed E-state index contributed by atoms with van der Waals surface area (Å²) in [6.45, 7) is 12.5. The Bertz CT molecular complexity index is 380. The molecule has 124 valence electrons. The summed E-state index contributed by atoms with van der Waals surface area (Å²) < 4.78 is 5.67. The molecule has 0 aromatic carbocycles. The molecule has 2 unspecified atom stereocenters. The van der Waals surface area contributed by atoms with Crippen molar-refractivity contribution in [2.75, 3.05) is 33.8 Å². The molecule has 1 fully saturated rings. The average Bonchev–Trinajstić information content (AvgIpc) is 2.34. The third-order valence-corrected chi connectivity index (χ3v) is 4.71. The van der Waals surface area contributed by atoms with Crippen molar-refractivity contribution in [2.24, 2.45) is 16.6 Å². The lowest BCUT2D eigenvalue weighted by molar-refractivity contribution is -0.171. The molecule has 0 bridgehead atoms. The minimum Gasteiger partial charge on any atom is -0.378 e. The Morgan fingerprint density at radius 3 is 2.43 bits per heavy atom. The van der Waals surface area contributed by atoms with Crippen molar-refractivity contribution in [3.05, 3.63) is 0 Å². The fourth-order valence-corrected chi connectivity index (χ4v) is 3.21. The Labute approximate surface area is 129 Å². The molecule has 1 amide bonds. The van der Waals surface area contributed by atoms with Gasteiger partial charge in [0.1, 0.15) is 5.54 Å². The molecule has 0 spiro atoms. The number of hydrogen-bond donors (Lipinski definition) is 2. The van der Waals surface area contributed by atoms with E-state index in [0.29, 0.717) is 19.6 Å². The first-order valence-corrected chi connectivity index (χ1v) is 7.80. The fourth-order valence-electron chi connectivity index (χ4n) is 3.21. The van der Waals surface area contributed by atoms with Crippen LogP contribution in [-0.2, 0) is 9.53 Å². The van der Waals surface area contributed by atoms with Crippen molar-refractivity contribution in [2.45, 2.75) is 52.7 Å². The number of hydrogen-bond acceptors (Lipinski definition) is 4. The maximum atomic E-state index is 12.5. The molecule has 5 nitrogen and oxygen atoms in total. The molecule has 3 N–H and O–H groups in total. The van der Waals surface area contributed by atoms with Gasteiger partial charge in [-0.05, 0) is 26.4 Å². The quantitative estimate of drug-likeness (QED) is 0.742. The zero-order valence-corrected chi connectivity index (χ0v) is 14.7. The van der Waals surface area contributed by atoms with Crippen molar-refractivity contribution < 1.29 is 9.53 Å². The van der Waals surface area contributed by atoms with Crippen LogP contribution in [0.4, 0.5) is 0 Å². The van der Waals surface area contributed by atoms with E-state index in [-0.39, 0.29) is 22.8 Å². The van der Waals surface area contributed by atoms with Gasteiger partial charge >= 0.3 is 0 Å². The van der Waals surface area contributed by atoms with E-state index in [9.17, 15) is 4.79 Å². The van der Waals surface area contributed by atoms with Crippen LogP contribution >= 0.6 is 0 Å². The van der Waals surface area contributed by atoms with Gasteiger partial charge in [-0.1, -0.05) is 27.7 Å². The van der Waals surface area contributed by atoms with Gasteiger partial charge in [-0.15, -0.1) is 0 Å². The highest BCUT2D eigenvalue weighted by Crippen LogP contribution is 2.49. The summed E-state index contributed by atoms with van der Waals surface area (Å²) in [4.78, 5) is 14.7. The monoisotopic (exact) mass is 299 g/mol. The zero-order valence-electron chi connectivity index (χ0n) is 14.7. The van der Waals surface area contributed by atoms with Crippen molar-refractivity contribution in [1.29, 1.82) is 0 Å². The SMILES string of the molecule is CCOC1CC(N)(C(=O)NCC(C)(C)CN(C)C)C1(C)C. The molecule has 0 aromatic heterocycles. The topological polar surface area (TPSA) is 67.6 Å². The van der Waals surface area contributed by atoms with E-state index < -0.39 is 5.54 Å². The zero-order chi connectivity index (χ0) is 16.5. The Morgan fingerprint density at radius 2 is 2.00 bits per heavy atom. The molecule has 0 saturated heterocycles. The minimum atomic E-state index is -0.832. The predicted octanol–water partition coefficient (Wildman–Crippen LogP) is 1.22. The number of carbonyl (C=O) groups is 1. The first-order valence-electron chi connectivity index (χ1n) is 7.80. The normalized spacial score (nSPS) is 28.3. The third-order valence-electron chi connectivity index (χ3n) is 4.71. The lowest BCUT2D eigenvalue weighted by Gasteiger charge is -2.57. The van der Waals surface area contributed by atoms with Crippen LogP contribution in [0.2, 0.25) is 0 Å². The van der Waals surface area contributed by atoms with Crippen molar-refractivity contribution in [3.8, 4) is 0 Å². The number of amides is 1. The lowest BCUT2D eigenvalue weighted by Crippen LogP contribution is -2.76. The maximum Gasteiger partial charge on any atom is 0.240 e. The van der Waals surface area contributed by atoms with E-state index in [1.54, 1.807) is 0 Å². The predicted molar refractivity (Wildman–Crippen MR) is 86.1 cm³/mol. The van der Waals surface area contributed by atoms with Crippen molar-refractivity contribution in [3.63, 3.8) is 0 Å². The molecule has 0 heterocycles.